The fourth-order valence-electron chi connectivity index (χ4n) is 10.6. The van der Waals surface area contributed by atoms with Crippen LogP contribution in [0, 0.1) is 63.6 Å². The Bertz CT molecular complexity index is 642. The first-order valence-corrected chi connectivity index (χ1v) is 14.6. The highest BCUT2D eigenvalue weighted by atomic mass is 14.7. The van der Waals surface area contributed by atoms with Gasteiger partial charge in [-0.1, -0.05) is 73.6 Å². The van der Waals surface area contributed by atoms with Crippen LogP contribution >= 0.6 is 0 Å². The van der Waals surface area contributed by atoms with Crippen LogP contribution in [-0.4, -0.2) is 0 Å². The molecule has 0 heteroatoms. The summed E-state index contributed by atoms with van der Waals surface area (Å²) in [6, 6.07) is 0. The molecule has 0 aromatic carbocycles. The van der Waals surface area contributed by atoms with Crippen molar-refractivity contribution in [3.8, 4) is 0 Å². The molecule has 5 rings (SSSR count). The second kappa shape index (κ2) is 8.05. The van der Waals surface area contributed by atoms with Crippen molar-refractivity contribution in [3.05, 3.63) is 0 Å². The summed E-state index contributed by atoms with van der Waals surface area (Å²) in [6.07, 6.45) is 21.4. The summed E-state index contributed by atoms with van der Waals surface area (Å²) in [6.45, 7) is 15.8. The molecule has 0 aliphatic heterocycles. The minimum absolute atomic E-state index is 0.602. The van der Waals surface area contributed by atoms with Gasteiger partial charge in [0.1, 0.15) is 0 Å². The van der Waals surface area contributed by atoms with Crippen molar-refractivity contribution in [2.75, 3.05) is 0 Å². The number of fused-ring (bicyclic) bond motifs is 5. The van der Waals surface area contributed by atoms with Crippen molar-refractivity contribution in [2.45, 2.75) is 131 Å². The molecule has 0 nitrogen and oxygen atoms in total. The second-order valence-corrected chi connectivity index (χ2v) is 15.0. The Morgan fingerprint density at radius 2 is 1.39 bits per heavy atom. The predicted molar refractivity (Wildman–Crippen MR) is 134 cm³/mol. The standard InChI is InChI=1S/C31H54/c1-21(23-8-7-9-23)10-11-22(2)26-14-15-27-25-13-12-24-20-29(3,4)18-19-30(24,5)28(25)16-17-31(26,27)6/h21-28H,7-20H2,1-6H3/t21?,22-,24+,25+,26-,27+,28+,30+,31-/m1/s1. The summed E-state index contributed by atoms with van der Waals surface area (Å²) < 4.78 is 0. The molecule has 5 saturated carbocycles. The SMILES string of the molecule is CC(CC[C@@H](C)[C@H]1CC[C@H]2[C@@H]3CC[C@H]4CC(C)(C)CC[C@]4(C)[C@H]3CC[C@]12C)C1CCC1. The Morgan fingerprint density at radius 1 is 0.677 bits per heavy atom. The average Bonchev–Trinajstić information content (AvgIpc) is 3.02. The van der Waals surface area contributed by atoms with Gasteiger partial charge in [-0.3, -0.25) is 0 Å². The van der Waals surface area contributed by atoms with E-state index in [1.165, 1.54) is 51.4 Å². The molecule has 0 saturated heterocycles. The maximum absolute atomic E-state index is 2.77. The minimum atomic E-state index is 0.602. The van der Waals surface area contributed by atoms with Crippen LogP contribution in [-0.2, 0) is 0 Å². The van der Waals surface area contributed by atoms with Gasteiger partial charge in [0, 0.05) is 0 Å². The number of hydrogen-bond donors (Lipinski definition) is 0. The van der Waals surface area contributed by atoms with E-state index in [9.17, 15) is 0 Å². The third-order valence-corrected chi connectivity index (χ3v) is 13.0. The molecule has 1 unspecified atom stereocenters. The van der Waals surface area contributed by atoms with Gasteiger partial charge in [0.2, 0.25) is 0 Å². The van der Waals surface area contributed by atoms with Gasteiger partial charge in [0.05, 0.1) is 0 Å². The van der Waals surface area contributed by atoms with Crippen LogP contribution in [0.15, 0.2) is 0 Å². The Hall–Kier alpha value is 0. The topological polar surface area (TPSA) is 0 Å². The Labute approximate surface area is 195 Å². The van der Waals surface area contributed by atoms with E-state index in [1.54, 1.807) is 38.5 Å². The molecule has 31 heavy (non-hydrogen) atoms. The molecule has 5 fully saturated rings. The molecule has 0 radical (unpaired) electrons. The lowest BCUT2D eigenvalue weighted by atomic mass is 9.43. The van der Waals surface area contributed by atoms with E-state index in [0.29, 0.717) is 16.2 Å². The molecule has 0 spiro atoms. The van der Waals surface area contributed by atoms with E-state index in [2.05, 4.69) is 41.5 Å². The Kier molecular flexibility index (Phi) is 5.91. The molecule has 5 aliphatic carbocycles. The van der Waals surface area contributed by atoms with Crippen molar-refractivity contribution < 1.29 is 0 Å². The monoisotopic (exact) mass is 426 g/mol. The van der Waals surface area contributed by atoms with Gasteiger partial charge in [-0.15, -0.1) is 0 Å². The van der Waals surface area contributed by atoms with Crippen molar-refractivity contribution in [1.82, 2.24) is 0 Å². The van der Waals surface area contributed by atoms with Crippen LogP contribution in [0.25, 0.3) is 0 Å². The fourth-order valence-corrected chi connectivity index (χ4v) is 10.6. The van der Waals surface area contributed by atoms with Crippen LogP contribution < -0.4 is 0 Å². The van der Waals surface area contributed by atoms with E-state index in [-0.39, 0.29) is 0 Å². The first-order chi connectivity index (χ1) is 14.6. The van der Waals surface area contributed by atoms with Gasteiger partial charge in [-0.05, 0) is 121 Å². The van der Waals surface area contributed by atoms with E-state index < -0.39 is 0 Å². The highest BCUT2D eigenvalue weighted by Crippen LogP contribution is 2.69. The van der Waals surface area contributed by atoms with Gasteiger partial charge >= 0.3 is 0 Å². The van der Waals surface area contributed by atoms with Gasteiger partial charge in [-0.2, -0.15) is 0 Å². The molecule has 0 amide bonds. The smallest absolute Gasteiger partial charge is 0.0264 e. The lowest BCUT2D eigenvalue weighted by Gasteiger charge is -2.62. The highest BCUT2D eigenvalue weighted by Gasteiger charge is 2.61. The third kappa shape index (κ3) is 3.77. The van der Waals surface area contributed by atoms with E-state index in [4.69, 9.17) is 0 Å². The summed E-state index contributed by atoms with van der Waals surface area (Å²) in [5.41, 5.74) is 1.93. The molecule has 0 bridgehead atoms. The second-order valence-electron chi connectivity index (χ2n) is 15.0. The average molecular weight is 427 g/mol. The molecule has 5 aliphatic rings. The summed E-state index contributed by atoms with van der Waals surface area (Å²) in [5.74, 6) is 8.22. The zero-order valence-electron chi connectivity index (χ0n) is 22.0. The molecule has 0 aromatic heterocycles. The normalized spacial score (nSPS) is 48.8. The van der Waals surface area contributed by atoms with Crippen LogP contribution in [0.3, 0.4) is 0 Å². The fraction of sp³-hybridized carbons (Fsp3) is 1.00. The van der Waals surface area contributed by atoms with E-state index >= 15 is 0 Å². The Balaban J connectivity index is 1.26. The van der Waals surface area contributed by atoms with Crippen LogP contribution in [0.2, 0.25) is 0 Å². The van der Waals surface area contributed by atoms with E-state index in [1.807, 2.05) is 0 Å². The molecular formula is C31H54. The molecular weight excluding hydrogens is 372 g/mol. The summed E-state index contributed by atoms with van der Waals surface area (Å²) >= 11 is 0. The zero-order valence-corrected chi connectivity index (χ0v) is 22.0. The first kappa shape index (κ1) is 22.8. The van der Waals surface area contributed by atoms with Gasteiger partial charge in [-0.25, -0.2) is 0 Å². The largest absolute Gasteiger partial charge is 0.0622 e. The van der Waals surface area contributed by atoms with Crippen LogP contribution in [0.4, 0.5) is 0 Å². The summed E-state index contributed by atoms with van der Waals surface area (Å²) in [5, 5.41) is 0. The first-order valence-electron chi connectivity index (χ1n) is 14.6. The quantitative estimate of drug-likeness (QED) is 0.410. The zero-order chi connectivity index (χ0) is 22.0. The van der Waals surface area contributed by atoms with Crippen molar-refractivity contribution in [2.24, 2.45) is 63.6 Å². The van der Waals surface area contributed by atoms with Gasteiger partial charge in [0.15, 0.2) is 0 Å². The van der Waals surface area contributed by atoms with E-state index in [0.717, 1.165) is 47.3 Å². The van der Waals surface area contributed by atoms with Crippen LogP contribution in [0.1, 0.15) is 131 Å². The van der Waals surface area contributed by atoms with Crippen molar-refractivity contribution in [3.63, 3.8) is 0 Å². The number of rotatable bonds is 5. The predicted octanol–water partition coefficient (Wildman–Crippen LogP) is 9.52. The lowest BCUT2D eigenvalue weighted by Crippen LogP contribution is -2.54. The van der Waals surface area contributed by atoms with Crippen LogP contribution in [0.5, 0.6) is 0 Å². The third-order valence-electron chi connectivity index (χ3n) is 13.0. The Morgan fingerprint density at radius 3 is 2.10 bits per heavy atom. The molecule has 0 heterocycles. The molecule has 0 aromatic rings. The lowest BCUT2D eigenvalue weighted by molar-refractivity contribution is -0.129. The maximum Gasteiger partial charge on any atom is -0.0264 e. The summed E-state index contributed by atoms with van der Waals surface area (Å²) in [7, 11) is 0. The van der Waals surface area contributed by atoms with Crippen molar-refractivity contribution in [1.29, 1.82) is 0 Å². The highest BCUT2D eigenvalue weighted by molar-refractivity contribution is 5.10. The molecule has 9 atom stereocenters. The summed E-state index contributed by atoms with van der Waals surface area (Å²) in [4.78, 5) is 0. The molecule has 178 valence electrons. The van der Waals surface area contributed by atoms with Gasteiger partial charge in [0.25, 0.3) is 0 Å². The van der Waals surface area contributed by atoms with Gasteiger partial charge < -0.3 is 0 Å². The number of hydrogen-bond acceptors (Lipinski definition) is 0. The maximum atomic E-state index is 2.77. The molecule has 0 N–H and O–H groups in total. The minimum Gasteiger partial charge on any atom is -0.0622 e. The van der Waals surface area contributed by atoms with Crippen molar-refractivity contribution >= 4 is 0 Å².